The van der Waals surface area contributed by atoms with Crippen LogP contribution in [0.15, 0.2) is 64.0 Å². The SMILES string of the molecule is CC(NS(=O)(=O)c1ccc(Br)cc1)C(=O)N1CCN(c2ccccc2)CC1. The van der Waals surface area contributed by atoms with Crippen LogP contribution in [0.3, 0.4) is 0 Å². The fourth-order valence-electron chi connectivity index (χ4n) is 3.06. The van der Waals surface area contributed by atoms with Crippen molar-refractivity contribution in [2.45, 2.75) is 17.9 Å². The molecule has 0 radical (unpaired) electrons. The van der Waals surface area contributed by atoms with Crippen molar-refractivity contribution < 1.29 is 13.2 Å². The van der Waals surface area contributed by atoms with Gasteiger partial charge in [-0.05, 0) is 43.3 Å². The Labute approximate surface area is 168 Å². The predicted octanol–water partition coefficient (Wildman–Crippen LogP) is 2.46. The summed E-state index contributed by atoms with van der Waals surface area (Å²) in [6, 6.07) is 15.6. The summed E-state index contributed by atoms with van der Waals surface area (Å²) in [5.74, 6) is -0.205. The number of nitrogens with zero attached hydrogens (tertiary/aromatic N) is 2. The zero-order valence-electron chi connectivity index (χ0n) is 15.0. The van der Waals surface area contributed by atoms with Gasteiger partial charge in [-0.25, -0.2) is 8.42 Å². The molecule has 27 heavy (non-hydrogen) atoms. The monoisotopic (exact) mass is 451 g/mol. The third-order valence-electron chi connectivity index (χ3n) is 4.54. The van der Waals surface area contributed by atoms with E-state index in [-0.39, 0.29) is 10.8 Å². The van der Waals surface area contributed by atoms with E-state index in [2.05, 4.69) is 25.6 Å². The second kappa shape index (κ2) is 8.41. The molecule has 2 aromatic rings. The zero-order chi connectivity index (χ0) is 19.4. The van der Waals surface area contributed by atoms with Crippen LogP contribution in [-0.4, -0.2) is 51.4 Å². The lowest BCUT2D eigenvalue weighted by atomic mass is 10.2. The number of sulfonamides is 1. The smallest absolute Gasteiger partial charge is 0.241 e. The van der Waals surface area contributed by atoms with Crippen LogP contribution in [0, 0.1) is 0 Å². The van der Waals surface area contributed by atoms with Crippen molar-refractivity contribution in [3.63, 3.8) is 0 Å². The highest BCUT2D eigenvalue weighted by atomic mass is 79.9. The molecule has 0 spiro atoms. The van der Waals surface area contributed by atoms with Crippen LogP contribution in [-0.2, 0) is 14.8 Å². The summed E-state index contributed by atoms with van der Waals surface area (Å²) in [6.07, 6.45) is 0. The van der Waals surface area contributed by atoms with Crippen LogP contribution >= 0.6 is 15.9 Å². The Morgan fingerprint density at radius 3 is 2.19 bits per heavy atom. The van der Waals surface area contributed by atoms with Crippen LogP contribution in [0.1, 0.15) is 6.92 Å². The van der Waals surface area contributed by atoms with Gasteiger partial charge in [0.1, 0.15) is 0 Å². The maximum atomic E-state index is 12.7. The number of carbonyl (C=O) groups is 1. The van der Waals surface area contributed by atoms with E-state index < -0.39 is 16.1 Å². The maximum absolute atomic E-state index is 12.7. The lowest BCUT2D eigenvalue weighted by molar-refractivity contribution is -0.132. The number of nitrogens with one attached hydrogen (secondary N) is 1. The van der Waals surface area contributed by atoms with Gasteiger partial charge in [-0.2, -0.15) is 4.72 Å². The van der Waals surface area contributed by atoms with Gasteiger partial charge in [0.05, 0.1) is 10.9 Å². The van der Waals surface area contributed by atoms with Gasteiger partial charge in [0.2, 0.25) is 15.9 Å². The van der Waals surface area contributed by atoms with Crippen LogP contribution in [0.25, 0.3) is 0 Å². The molecule has 1 atom stereocenters. The van der Waals surface area contributed by atoms with Gasteiger partial charge >= 0.3 is 0 Å². The molecule has 8 heteroatoms. The number of benzene rings is 2. The largest absolute Gasteiger partial charge is 0.368 e. The summed E-state index contributed by atoms with van der Waals surface area (Å²) in [7, 11) is -3.74. The Bertz CT molecular complexity index is 880. The van der Waals surface area contributed by atoms with Gasteiger partial charge in [0.15, 0.2) is 0 Å². The van der Waals surface area contributed by atoms with E-state index in [0.717, 1.165) is 23.2 Å². The minimum Gasteiger partial charge on any atom is -0.368 e. The van der Waals surface area contributed by atoms with Crippen molar-refractivity contribution in [2.24, 2.45) is 0 Å². The zero-order valence-corrected chi connectivity index (χ0v) is 17.4. The van der Waals surface area contributed by atoms with Crippen molar-refractivity contribution >= 4 is 37.5 Å². The summed E-state index contributed by atoms with van der Waals surface area (Å²) in [6.45, 7) is 4.17. The normalized spacial score (nSPS) is 16.2. The van der Waals surface area contributed by atoms with Crippen LogP contribution in [0.4, 0.5) is 5.69 Å². The molecule has 2 aromatic carbocycles. The minimum atomic E-state index is -3.74. The molecule has 0 aromatic heterocycles. The van der Waals surface area contributed by atoms with E-state index in [1.54, 1.807) is 24.0 Å². The number of hydrogen-bond donors (Lipinski definition) is 1. The van der Waals surface area contributed by atoms with Gasteiger partial charge in [-0.1, -0.05) is 34.1 Å². The quantitative estimate of drug-likeness (QED) is 0.757. The maximum Gasteiger partial charge on any atom is 0.241 e. The highest BCUT2D eigenvalue weighted by molar-refractivity contribution is 9.10. The number of hydrogen-bond acceptors (Lipinski definition) is 4. The number of amides is 1. The van der Waals surface area contributed by atoms with Crippen molar-refractivity contribution in [3.05, 3.63) is 59.1 Å². The molecule has 1 fully saturated rings. The Hall–Kier alpha value is -1.90. The molecule has 144 valence electrons. The topological polar surface area (TPSA) is 69.7 Å². The third-order valence-corrected chi connectivity index (χ3v) is 6.62. The number of halogens is 1. The molecule has 1 saturated heterocycles. The van der Waals surface area contributed by atoms with Crippen molar-refractivity contribution in [1.82, 2.24) is 9.62 Å². The first kappa shape index (κ1) is 19.9. The van der Waals surface area contributed by atoms with E-state index in [1.807, 2.05) is 30.3 Å². The Balaban J connectivity index is 1.59. The minimum absolute atomic E-state index is 0.138. The molecule has 3 rings (SSSR count). The standard InChI is InChI=1S/C19H22BrN3O3S/c1-15(21-27(25,26)18-9-7-16(20)8-10-18)19(24)23-13-11-22(12-14-23)17-5-3-2-4-6-17/h2-10,15,21H,11-14H2,1H3. The lowest BCUT2D eigenvalue weighted by Crippen LogP contribution is -2.54. The van der Waals surface area contributed by atoms with Crippen LogP contribution < -0.4 is 9.62 Å². The van der Waals surface area contributed by atoms with Crippen molar-refractivity contribution in [2.75, 3.05) is 31.1 Å². The summed E-state index contributed by atoms with van der Waals surface area (Å²) in [5, 5.41) is 0. The highest BCUT2D eigenvalue weighted by Crippen LogP contribution is 2.17. The van der Waals surface area contributed by atoms with Gasteiger partial charge < -0.3 is 9.80 Å². The molecule has 0 aliphatic carbocycles. The molecular formula is C19H22BrN3O3S. The molecule has 1 aliphatic heterocycles. The fourth-order valence-corrected chi connectivity index (χ4v) is 4.52. The lowest BCUT2D eigenvalue weighted by Gasteiger charge is -2.37. The average Bonchev–Trinajstić information content (AvgIpc) is 2.68. The van der Waals surface area contributed by atoms with Gasteiger partial charge in [-0.15, -0.1) is 0 Å². The Morgan fingerprint density at radius 2 is 1.59 bits per heavy atom. The molecule has 6 nitrogen and oxygen atoms in total. The number of para-hydroxylation sites is 1. The molecule has 1 N–H and O–H groups in total. The summed E-state index contributed by atoms with van der Waals surface area (Å²) in [4.78, 5) is 16.8. The number of piperazine rings is 1. The van der Waals surface area contributed by atoms with Gasteiger partial charge in [0.25, 0.3) is 0 Å². The molecule has 1 unspecified atom stereocenters. The van der Waals surface area contributed by atoms with E-state index in [0.29, 0.717) is 13.1 Å². The third kappa shape index (κ3) is 4.88. The molecular weight excluding hydrogens is 430 g/mol. The summed E-state index contributed by atoms with van der Waals surface area (Å²) in [5.41, 5.74) is 1.13. The molecule has 1 heterocycles. The fraction of sp³-hybridized carbons (Fsp3) is 0.316. The number of rotatable bonds is 5. The first-order chi connectivity index (χ1) is 12.9. The predicted molar refractivity (Wildman–Crippen MR) is 109 cm³/mol. The Kier molecular flexibility index (Phi) is 6.18. The van der Waals surface area contributed by atoms with Crippen LogP contribution in [0.5, 0.6) is 0 Å². The first-order valence-electron chi connectivity index (χ1n) is 8.73. The van der Waals surface area contributed by atoms with E-state index >= 15 is 0 Å². The van der Waals surface area contributed by atoms with Gasteiger partial charge in [-0.3, -0.25) is 4.79 Å². The Morgan fingerprint density at radius 1 is 1.00 bits per heavy atom. The number of anilines is 1. The van der Waals surface area contributed by atoms with E-state index in [1.165, 1.54) is 12.1 Å². The molecule has 0 saturated carbocycles. The molecule has 1 amide bonds. The second-order valence-electron chi connectivity index (χ2n) is 6.44. The van der Waals surface area contributed by atoms with Crippen LogP contribution in [0.2, 0.25) is 0 Å². The highest BCUT2D eigenvalue weighted by Gasteiger charge is 2.28. The summed E-state index contributed by atoms with van der Waals surface area (Å²) < 4.78 is 28.2. The number of carbonyl (C=O) groups excluding carboxylic acids is 1. The summed E-state index contributed by atoms with van der Waals surface area (Å²) >= 11 is 3.28. The van der Waals surface area contributed by atoms with E-state index in [4.69, 9.17) is 0 Å². The van der Waals surface area contributed by atoms with Crippen molar-refractivity contribution in [3.8, 4) is 0 Å². The molecule has 0 bridgehead atoms. The first-order valence-corrected chi connectivity index (χ1v) is 11.0. The van der Waals surface area contributed by atoms with Gasteiger partial charge in [0, 0.05) is 36.3 Å². The van der Waals surface area contributed by atoms with E-state index in [9.17, 15) is 13.2 Å². The second-order valence-corrected chi connectivity index (χ2v) is 9.07. The van der Waals surface area contributed by atoms with Crippen molar-refractivity contribution in [1.29, 1.82) is 0 Å². The molecule has 1 aliphatic rings. The average molecular weight is 452 g/mol.